The number of aliphatic imine (C=N–C) groups is 1. The second-order valence-corrected chi connectivity index (χ2v) is 19.0. The van der Waals surface area contributed by atoms with Crippen molar-refractivity contribution in [1.29, 1.82) is 0 Å². The summed E-state index contributed by atoms with van der Waals surface area (Å²) in [5.41, 5.74) is 16.2. The molecule has 0 radical (unpaired) electrons. The lowest BCUT2D eigenvalue weighted by atomic mass is 9.51. The number of fused-ring (bicyclic) bond motifs is 4. The molecule has 0 saturated carbocycles. The predicted octanol–water partition coefficient (Wildman–Crippen LogP) is 16.6. The Morgan fingerprint density at radius 3 is 2.36 bits per heavy atom. The normalized spacial score (nSPS) is 17.7. The zero-order valence-corrected chi connectivity index (χ0v) is 40.3. The van der Waals surface area contributed by atoms with Crippen molar-refractivity contribution in [1.82, 2.24) is 4.98 Å². The van der Waals surface area contributed by atoms with Crippen LogP contribution < -0.4 is 4.90 Å². The van der Waals surface area contributed by atoms with Gasteiger partial charge in [-0.25, -0.2) is 0 Å². The molecule has 8 rings (SSSR count). The van der Waals surface area contributed by atoms with Gasteiger partial charge < -0.3 is 4.90 Å². The lowest BCUT2D eigenvalue weighted by Gasteiger charge is -2.52. The fourth-order valence-electron chi connectivity index (χ4n) is 10.8. The van der Waals surface area contributed by atoms with Gasteiger partial charge in [0.05, 0.1) is 11.4 Å². The van der Waals surface area contributed by atoms with Crippen LogP contribution >= 0.6 is 0 Å². The van der Waals surface area contributed by atoms with Crippen LogP contribution in [0, 0.1) is 11.3 Å². The number of rotatable bonds is 15. The van der Waals surface area contributed by atoms with E-state index in [2.05, 4.69) is 224 Å². The molecule has 0 N–H and O–H groups in total. The molecule has 0 saturated heterocycles. The van der Waals surface area contributed by atoms with Gasteiger partial charge >= 0.3 is 0 Å². The quantitative estimate of drug-likeness (QED) is 0.0584. The molecule has 332 valence electrons. The Kier molecular flexibility index (Phi) is 13.1. The van der Waals surface area contributed by atoms with Gasteiger partial charge in [-0.05, 0) is 130 Å². The molecule has 1 heterocycles. The van der Waals surface area contributed by atoms with E-state index in [4.69, 9.17) is 4.98 Å². The Hall–Kier alpha value is -6.84. The highest BCUT2D eigenvalue weighted by atomic mass is 15.1. The molecule has 0 spiro atoms. The maximum Gasteiger partial charge on any atom is 0.0856 e. The summed E-state index contributed by atoms with van der Waals surface area (Å²) in [6, 6.07) is 44.2. The highest BCUT2D eigenvalue weighted by molar-refractivity contribution is 5.97. The molecule has 0 amide bonds. The van der Waals surface area contributed by atoms with Crippen LogP contribution in [-0.2, 0) is 10.8 Å². The third-order valence-corrected chi connectivity index (χ3v) is 15.0. The van der Waals surface area contributed by atoms with Crippen molar-refractivity contribution in [3.63, 3.8) is 0 Å². The van der Waals surface area contributed by atoms with Gasteiger partial charge in [-0.3, -0.25) is 9.98 Å². The largest absolute Gasteiger partial charge is 0.349 e. The molecule has 2 aliphatic rings. The first-order valence-electron chi connectivity index (χ1n) is 23.7. The predicted molar refractivity (Wildman–Crippen MR) is 287 cm³/mol. The molecule has 6 aromatic rings. The number of anilines is 1. The van der Waals surface area contributed by atoms with Crippen LogP contribution in [0.15, 0.2) is 194 Å². The third kappa shape index (κ3) is 8.21. The average molecular weight is 864 g/mol. The summed E-state index contributed by atoms with van der Waals surface area (Å²) in [4.78, 5) is 11.9. The van der Waals surface area contributed by atoms with Crippen molar-refractivity contribution in [2.75, 3.05) is 11.9 Å². The summed E-state index contributed by atoms with van der Waals surface area (Å²) < 4.78 is 0. The van der Waals surface area contributed by atoms with Gasteiger partial charge in [-0.1, -0.05) is 188 Å². The van der Waals surface area contributed by atoms with Gasteiger partial charge in [-0.2, -0.15) is 0 Å². The SMILES string of the molecule is C=C/C=C\C=C(/C)c1cc(N(C)/C=C(\N=C)c2ccccc2)ccc1C(C)(CC)C(C)(C=CCC)C1CC=C(c2ccc3c(c2)C(C)(C)c2ccccc2-3)C=C1c1nccc2ccccc12. The van der Waals surface area contributed by atoms with Crippen molar-refractivity contribution >= 4 is 45.6 Å². The average Bonchev–Trinajstić information content (AvgIpc) is 3.59. The number of pyridine rings is 1. The zero-order chi connectivity index (χ0) is 46.6. The number of aromatic nitrogens is 1. The molecule has 3 atom stereocenters. The fourth-order valence-corrected chi connectivity index (χ4v) is 10.8. The van der Waals surface area contributed by atoms with Crippen molar-refractivity contribution < 1.29 is 0 Å². The molecular weight excluding hydrogens is 799 g/mol. The molecule has 0 fully saturated rings. The lowest BCUT2D eigenvalue weighted by Crippen LogP contribution is -2.46. The van der Waals surface area contributed by atoms with Crippen molar-refractivity contribution in [3.05, 3.63) is 228 Å². The van der Waals surface area contributed by atoms with Crippen molar-refractivity contribution in [2.45, 2.75) is 78.6 Å². The van der Waals surface area contributed by atoms with E-state index < -0.39 is 0 Å². The first kappa shape index (κ1) is 45.7. The fraction of sp³-hybridized carbons (Fsp3) is 0.238. The van der Waals surface area contributed by atoms with E-state index in [1.807, 2.05) is 36.5 Å². The van der Waals surface area contributed by atoms with Gasteiger partial charge in [0.15, 0.2) is 0 Å². The number of hydrogen-bond donors (Lipinski definition) is 0. The summed E-state index contributed by atoms with van der Waals surface area (Å²) in [6.45, 7) is 24.5. The second kappa shape index (κ2) is 18.9. The lowest BCUT2D eigenvalue weighted by molar-refractivity contribution is 0.153. The minimum absolute atomic E-state index is 0.0883. The second-order valence-electron chi connectivity index (χ2n) is 19.0. The Balaban J connectivity index is 1.30. The van der Waals surface area contributed by atoms with Crippen LogP contribution in [-0.4, -0.2) is 18.7 Å². The van der Waals surface area contributed by atoms with Crippen LogP contribution in [0.25, 0.3) is 44.3 Å². The van der Waals surface area contributed by atoms with Crippen LogP contribution in [0.1, 0.15) is 107 Å². The summed E-state index contributed by atoms with van der Waals surface area (Å²) >= 11 is 0. The first-order chi connectivity index (χ1) is 31.9. The monoisotopic (exact) mass is 864 g/mol. The Labute approximate surface area is 394 Å². The Bertz CT molecular complexity index is 2980. The van der Waals surface area contributed by atoms with E-state index in [9.17, 15) is 0 Å². The molecule has 3 unspecified atom stereocenters. The smallest absolute Gasteiger partial charge is 0.0856 e. The van der Waals surface area contributed by atoms with Crippen LogP contribution in [0.2, 0.25) is 0 Å². The van der Waals surface area contributed by atoms with Gasteiger partial charge in [0.2, 0.25) is 0 Å². The maximum absolute atomic E-state index is 5.29. The van der Waals surface area contributed by atoms with Crippen LogP contribution in [0.3, 0.4) is 0 Å². The summed E-state index contributed by atoms with van der Waals surface area (Å²) in [5.74, 6) is 0.0950. The van der Waals surface area contributed by atoms with E-state index in [0.29, 0.717) is 0 Å². The number of nitrogens with zero attached hydrogens (tertiary/aromatic N) is 3. The molecule has 0 bridgehead atoms. The van der Waals surface area contributed by atoms with Gasteiger partial charge in [0, 0.05) is 52.3 Å². The van der Waals surface area contributed by atoms with Crippen molar-refractivity contribution in [3.8, 4) is 11.1 Å². The standard InChI is InChI=1S/C63H65N3/c1-11-14-17-24-44(4)53-42-49(66(10)43-59(64-9)46-26-18-16-19-27-46)33-36-56(53)62(7,13-3)63(8,38-15-12-2)57-35-32-47(40-54(57)60-50-28-21-20-25-45(50)37-39-65-60)48-31-34-52-51-29-22-23-30-55(51)61(5,6)58(52)41-48/h11,14-34,36-43,57H,1,9,12-13,35H2,2-8,10H3/b17-14-,38-15?,44-24+,59-43-. The first-order valence-corrected chi connectivity index (χ1v) is 23.7. The van der Waals surface area contributed by atoms with E-state index >= 15 is 0 Å². The molecule has 3 nitrogen and oxygen atoms in total. The number of hydrogen-bond acceptors (Lipinski definition) is 3. The molecule has 66 heavy (non-hydrogen) atoms. The molecular formula is C63H65N3. The molecule has 2 aliphatic carbocycles. The highest BCUT2D eigenvalue weighted by Crippen LogP contribution is 2.58. The van der Waals surface area contributed by atoms with Gasteiger partial charge in [-0.15, -0.1) is 0 Å². The summed E-state index contributed by atoms with van der Waals surface area (Å²) in [7, 11) is 2.09. The van der Waals surface area contributed by atoms with Gasteiger partial charge in [0.1, 0.15) is 0 Å². The Morgan fingerprint density at radius 1 is 0.864 bits per heavy atom. The van der Waals surface area contributed by atoms with Crippen molar-refractivity contribution in [2.24, 2.45) is 16.3 Å². The number of allylic oxidation sites excluding steroid dienone is 11. The van der Waals surface area contributed by atoms with Crippen LogP contribution in [0.4, 0.5) is 5.69 Å². The van der Waals surface area contributed by atoms with E-state index in [0.717, 1.165) is 41.9 Å². The van der Waals surface area contributed by atoms with E-state index in [-0.39, 0.29) is 22.2 Å². The summed E-state index contributed by atoms with van der Waals surface area (Å²) in [6.07, 6.45) is 24.9. The van der Waals surface area contributed by atoms with Gasteiger partial charge in [0.25, 0.3) is 0 Å². The zero-order valence-electron chi connectivity index (χ0n) is 40.3. The van der Waals surface area contributed by atoms with E-state index in [1.165, 1.54) is 66.4 Å². The van der Waals surface area contributed by atoms with Crippen LogP contribution in [0.5, 0.6) is 0 Å². The topological polar surface area (TPSA) is 28.5 Å². The minimum Gasteiger partial charge on any atom is -0.349 e. The molecule has 5 aromatic carbocycles. The summed E-state index contributed by atoms with van der Waals surface area (Å²) in [5, 5.41) is 2.38. The molecule has 3 heteroatoms. The molecule has 0 aliphatic heterocycles. The molecule has 1 aromatic heterocycles. The third-order valence-electron chi connectivity index (χ3n) is 15.0. The van der Waals surface area contributed by atoms with E-state index in [1.54, 1.807) is 0 Å². The maximum atomic E-state index is 5.29. The highest BCUT2D eigenvalue weighted by Gasteiger charge is 2.50. The Morgan fingerprint density at radius 2 is 1.61 bits per heavy atom. The number of benzene rings is 5. The minimum atomic E-state index is -0.363.